The Balaban J connectivity index is 3.70. The average molecular weight is 140 g/mol. The molecule has 2 nitrogen and oxygen atoms in total. The van der Waals surface area contributed by atoms with Crippen LogP contribution in [0.5, 0.6) is 0 Å². The normalized spacial score (nSPS) is 17.1. The Morgan fingerprint density at radius 1 is 1.50 bits per heavy atom. The molecular weight excluding hydrogens is 124 g/mol. The minimum atomic E-state index is 0.353. The molecule has 0 saturated carbocycles. The van der Waals surface area contributed by atoms with Crippen LogP contribution in [0, 0.1) is 11.3 Å². The highest BCUT2D eigenvalue weighted by Gasteiger charge is 2.05. The van der Waals surface area contributed by atoms with Crippen LogP contribution in [-0.2, 0) is 0 Å². The van der Waals surface area contributed by atoms with Crippen molar-refractivity contribution < 1.29 is 0 Å². The van der Waals surface area contributed by atoms with E-state index in [0.29, 0.717) is 12.0 Å². The summed E-state index contributed by atoms with van der Waals surface area (Å²) < 4.78 is 0. The summed E-state index contributed by atoms with van der Waals surface area (Å²) in [5.74, 6) is 0.621. The summed E-state index contributed by atoms with van der Waals surface area (Å²) in [6.07, 6.45) is 3.92. The fourth-order valence-corrected chi connectivity index (χ4v) is 0.667. The molecule has 0 aromatic rings. The van der Waals surface area contributed by atoms with Crippen LogP contribution < -0.4 is 0 Å². The molecule has 10 heavy (non-hydrogen) atoms. The maximum atomic E-state index is 6.72. The lowest BCUT2D eigenvalue weighted by Gasteiger charge is -2.12. The topological polar surface area (TPSA) is 36.2 Å². The van der Waals surface area contributed by atoms with E-state index in [1.165, 1.54) is 6.21 Å². The monoisotopic (exact) mass is 140 g/mol. The van der Waals surface area contributed by atoms with Gasteiger partial charge in [0.15, 0.2) is 0 Å². The van der Waals surface area contributed by atoms with Gasteiger partial charge < -0.3 is 5.41 Å². The molecule has 0 spiro atoms. The van der Waals surface area contributed by atoms with Crippen LogP contribution in [-0.4, -0.2) is 18.5 Å². The van der Waals surface area contributed by atoms with Crippen LogP contribution in [0.3, 0.4) is 0 Å². The van der Waals surface area contributed by atoms with E-state index in [4.69, 9.17) is 5.41 Å². The van der Waals surface area contributed by atoms with E-state index in [1.807, 2.05) is 0 Å². The maximum absolute atomic E-state index is 6.72. The summed E-state index contributed by atoms with van der Waals surface area (Å²) in [6.45, 7) is 6.40. The number of nitrogens with zero attached hydrogens (tertiary/aromatic N) is 1. The Kier molecular flexibility index (Phi) is 4.81. The van der Waals surface area contributed by atoms with E-state index in [1.54, 1.807) is 6.21 Å². The molecule has 0 amide bonds. The molecule has 0 bridgehead atoms. The fraction of sp³-hybridized carbons (Fsp3) is 0.750. The van der Waals surface area contributed by atoms with Crippen LogP contribution in [0.25, 0.3) is 0 Å². The third-order valence-corrected chi connectivity index (χ3v) is 1.86. The van der Waals surface area contributed by atoms with Gasteiger partial charge in [0.2, 0.25) is 0 Å². The van der Waals surface area contributed by atoms with Crippen molar-refractivity contribution in [1.29, 1.82) is 5.41 Å². The summed E-state index contributed by atoms with van der Waals surface area (Å²) in [7, 11) is 0. The molecule has 1 N–H and O–H groups in total. The zero-order chi connectivity index (χ0) is 7.98. The van der Waals surface area contributed by atoms with Crippen molar-refractivity contribution in [1.82, 2.24) is 0 Å². The van der Waals surface area contributed by atoms with Crippen LogP contribution >= 0.6 is 0 Å². The predicted octanol–water partition coefficient (Wildman–Crippen LogP) is 2.14. The molecule has 0 heterocycles. The van der Waals surface area contributed by atoms with Crippen molar-refractivity contribution in [2.24, 2.45) is 10.9 Å². The lowest BCUT2D eigenvalue weighted by Crippen LogP contribution is -2.10. The van der Waals surface area contributed by atoms with Crippen LogP contribution in [0.15, 0.2) is 4.99 Å². The van der Waals surface area contributed by atoms with Gasteiger partial charge in [0.05, 0.1) is 0 Å². The first-order valence-corrected chi connectivity index (χ1v) is 3.74. The summed E-state index contributed by atoms with van der Waals surface area (Å²) in [4.78, 5) is 4.15. The van der Waals surface area contributed by atoms with E-state index in [-0.39, 0.29) is 0 Å². The quantitative estimate of drug-likeness (QED) is 0.581. The second-order valence-electron chi connectivity index (χ2n) is 2.59. The number of hydrogen-bond acceptors (Lipinski definition) is 2. The Hall–Kier alpha value is -0.660. The predicted molar refractivity (Wildman–Crippen MR) is 46.2 cm³/mol. The van der Waals surface area contributed by atoms with E-state index in [0.717, 1.165) is 6.42 Å². The Morgan fingerprint density at radius 3 is 2.50 bits per heavy atom. The Labute approximate surface area is 62.9 Å². The van der Waals surface area contributed by atoms with E-state index >= 15 is 0 Å². The average Bonchev–Trinajstić information content (AvgIpc) is 1.98. The molecule has 2 heteroatoms. The Bertz CT molecular complexity index is 118. The smallest absolute Gasteiger partial charge is 0.0497 e. The molecule has 0 aliphatic rings. The summed E-state index contributed by atoms with van der Waals surface area (Å²) in [5.41, 5.74) is 0. The van der Waals surface area contributed by atoms with Crippen LogP contribution in [0.4, 0.5) is 0 Å². The first kappa shape index (κ1) is 9.34. The third kappa shape index (κ3) is 3.38. The van der Waals surface area contributed by atoms with Gasteiger partial charge in [-0.05, 0) is 12.8 Å². The van der Waals surface area contributed by atoms with Gasteiger partial charge >= 0.3 is 0 Å². The molecule has 0 aliphatic carbocycles. The summed E-state index contributed by atoms with van der Waals surface area (Å²) in [5, 5.41) is 6.72. The highest BCUT2D eigenvalue weighted by molar-refractivity contribution is 6.14. The van der Waals surface area contributed by atoms with Crippen molar-refractivity contribution in [3.05, 3.63) is 0 Å². The first-order chi connectivity index (χ1) is 4.72. The van der Waals surface area contributed by atoms with Gasteiger partial charge in [-0.1, -0.05) is 20.3 Å². The largest absolute Gasteiger partial charge is 0.307 e. The fourth-order valence-electron chi connectivity index (χ4n) is 0.667. The molecule has 0 aromatic heterocycles. The van der Waals surface area contributed by atoms with Crippen LogP contribution in [0.1, 0.15) is 27.2 Å². The molecule has 0 aliphatic heterocycles. The van der Waals surface area contributed by atoms with Gasteiger partial charge in [0.1, 0.15) is 0 Å². The van der Waals surface area contributed by atoms with E-state index in [2.05, 4.69) is 25.8 Å². The van der Waals surface area contributed by atoms with Crippen molar-refractivity contribution >= 4 is 12.4 Å². The minimum absolute atomic E-state index is 0.353. The summed E-state index contributed by atoms with van der Waals surface area (Å²) >= 11 is 0. The minimum Gasteiger partial charge on any atom is -0.307 e. The maximum Gasteiger partial charge on any atom is 0.0497 e. The lowest BCUT2D eigenvalue weighted by atomic mass is 10.0. The van der Waals surface area contributed by atoms with Crippen molar-refractivity contribution in [3.63, 3.8) is 0 Å². The molecular formula is C8H16N2. The van der Waals surface area contributed by atoms with E-state index < -0.39 is 0 Å². The molecule has 0 aromatic carbocycles. The zero-order valence-corrected chi connectivity index (χ0v) is 6.96. The molecule has 0 fully saturated rings. The van der Waals surface area contributed by atoms with Gasteiger partial charge in [-0.15, -0.1) is 0 Å². The van der Waals surface area contributed by atoms with Crippen molar-refractivity contribution in [2.75, 3.05) is 0 Å². The zero-order valence-electron chi connectivity index (χ0n) is 6.96. The highest BCUT2D eigenvalue weighted by Crippen LogP contribution is 2.09. The number of aliphatic imine (C=N–C) groups is 1. The van der Waals surface area contributed by atoms with Crippen LogP contribution in [0.2, 0.25) is 0 Å². The number of rotatable bonds is 4. The first-order valence-electron chi connectivity index (χ1n) is 3.74. The van der Waals surface area contributed by atoms with Gasteiger partial charge in [-0.25, -0.2) is 0 Å². The van der Waals surface area contributed by atoms with Gasteiger partial charge in [0, 0.05) is 18.5 Å². The van der Waals surface area contributed by atoms with Gasteiger partial charge in [-0.2, -0.15) is 0 Å². The molecule has 0 radical (unpaired) electrons. The molecule has 2 atom stereocenters. The summed E-state index contributed by atoms with van der Waals surface area (Å²) in [6, 6.07) is 0.353. The van der Waals surface area contributed by atoms with E-state index in [9.17, 15) is 0 Å². The lowest BCUT2D eigenvalue weighted by molar-refractivity contribution is 0.473. The Morgan fingerprint density at radius 2 is 2.10 bits per heavy atom. The standard InChI is InChI=1S/C8H16N2/c1-4-7(2)8(3)10-6-5-9/h5-9H,4H2,1-3H3/t7-,8?/m1/s1. The molecule has 0 saturated heterocycles. The van der Waals surface area contributed by atoms with Gasteiger partial charge in [0.25, 0.3) is 0 Å². The van der Waals surface area contributed by atoms with Crippen molar-refractivity contribution in [2.45, 2.75) is 33.2 Å². The number of nitrogens with one attached hydrogen (secondary N) is 1. The molecule has 0 rings (SSSR count). The molecule has 1 unspecified atom stereocenters. The third-order valence-electron chi connectivity index (χ3n) is 1.86. The van der Waals surface area contributed by atoms with Gasteiger partial charge in [-0.3, -0.25) is 4.99 Å². The second-order valence-corrected chi connectivity index (χ2v) is 2.59. The highest BCUT2D eigenvalue weighted by atomic mass is 14.8. The second kappa shape index (κ2) is 5.15. The van der Waals surface area contributed by atoms with Crippen molar-refractivity contribution in [3.8, 4) is 0 Å². The number of hydrogen-bond donors (Lipinski definition) is 1. The SMILES string of the molecule is CC[C@@H](C)C(C)N=CC=N. The molecule has 58 valence electrons.